The van der Waals surface area contributed by atoms with Crippen molar-refractivity contribution in [2.24, 2.45) is 10.9 Å². The van der Waals surface area contributed by atoms with Crippen LogP contribution in [0.5, 0.6) is 0 Å². The molecule has 0 saturated heterocycles. The van der Waals surface area contributed by atoms with Crippen molar-refractivity contribution in [3.8, 4) is 0 Å². The number of halogens is 3. The number of nitrogens with two attached hydrogens (primary N) is 1. The van der Waals surface area contributed by atoms with Crippen molar-refractivity contribution in [3.63, 3.8) is 0 Å². The van der Waals surface area contributed by atoms with Crippen molar-refractivity contribution < 1.29 is 18.0 Å². The van der Waals surface area contributed by atoms with E-state index in [1.165, 1.54) is 18.3 Å². The number of benzene rings is 1. The Balaban J connectivity index is 2.61. The maximum absolute atomic E-state index is 12.4. The van der Waals surface area contributed by atoms with Crippen LogP contribution in [0.4, 0.5) is 13.2 Å². The quantitative estimate of drug-likeness (QED) is 0.655. The minimum atomic E-state index is -4.34. The molecule has 0 aliphatic rings. The zero-order chi connectivity index (χ0) is 12.9. The molecular weight excluding hydrogens is 233 g/mol. The van der Waals surface area contributed by atoms with Crippen LogP contribution in [0.25, 0.3) is 0 Å². The molecule has 0 radical (unpaired) electrons. The lowest BCUT2D eigenvalue weighted by Gasteiger charge is -2.07. The Hall–Kier alpha value is -1.56. The smallest absolute Gasteiger partial charge is 0.391 e. The molecule has 1 aromatic rings. The third-order valence-corrected chi connectivity index (χ3v) is 1.86. The van der Waals surface area contributed by atoms with Gasteiger partial charge in [0.2, 0.25) is 0 Å². The van der Waals surface area contributed by atoms with Gasteiger partial charge in [0, 0.05) is 6.04 Å². The average Bonchev–Trinajstić information content (AvgIpc) is 2.23. The van der Waals surface area contributed by atoms with Gasteiger partial charge in [-0.25, -0.2) is 0 Å². The monoisotopic (exact) mass is 246 g/mol. The van der Waals surface area contributed by atoms with E-state index in [0.29, 0.717) is 5.56 Å². The lowest BCUT2D eigenvalue weighted by atomic mass is 10.1. The summed E-state index contributed by atoms with van der Waals surface area (Å²) in [5.41, 5.74) is 5.08. The van der Waals surface area contributed by atoms with Crippen molar-refractivity contribution in [3.05, 3.63) is 35.4 Å². The molecule has 1 atom stereocenters. The molecular formula is C11H13F3N2O. The minimum Gasteiger partial charge on any atom is -0.391 e. The molecule has 6 heteroatoms. The SMILES string of the molecule is CC(N)C=NOCc1cccc(C(F)(F)F)c1. The van der Waals surface area contributed by atoms with Gasteiger partial charge >= 0.3 is 6.18 Å². The van der Waals surface area contributed by atoms with Gasteiger partial charge in [-0.15, -0.1) is 0 Å². The van der Waals surface area contributed by atoms with E-state index in [-0.39, 0.29) is 12.6 Å². The number of rotatable bonds is 4. The Morgan fingerprint density at radius 2 is 2.18 bits per heavy atom. The van der Waals surface area contributed by atoms with Crippen LogP contribution in [0.1, 0.15) is 18.1 Å². The van der Waals surface area contributed by atoms with Crippen LogP contribution >= 0.6 is 0 Å². The Bertz CT molecular complexity index is 389. The summed E-state index contributed by atoms with van der Waals surface area (Å²) in [6.45, 7) is 1.68. The fourth-order valence-corrected chi connectivity index (χ4v) is 1.09. The van der Waals surface area contributed by atoms with E-state index < -0.39 is 11.7 Å². The van der Waals surface area contributed by atoms with E-state index in [2.05, 4.69) is 5.16 Å². The Morgan fingerprint density at radius 1 is 1.47 bits per heavy atom. The van der Waals surface area contributed by atoms with Gasteiger partial charge in [0.15, 0.2) is 0 Å². The summed E-state index contributed by atoms with van der Waals surface area (Å²) in [5, 5.41) is 3.53. The first kappa shape index (κ1) is 13.5. The van der Waals surface area contributed by atoms with E-state index in [1.54, 1.807) is 6.92 Å². The molecule has 0 heterocycles. The summed E-state index contributed by atoms with van der Waals surface area (Å²) >= 11 is 0. The Morgan fingerprint density at radius 3 is 2.76 bits per heavy atom. The maximum Gasteiger partial charge on any atom is 0.416 e. The van der Waals surface area contributed by atoms with Gasteiger partial charge in [0.25, 0.3) is 0 Å². The lowest BCUT2D eigenvalue weighted by molar-refractivity contribution is -0.137. The summed E-state index contributed by atoms with van der Waals surface area (Å²) < 4.78 is 37.1. The second kappa shape index (κ2) is 5.67. The van der Waals surface area contributed by atoms with Gasteiger partial charge in [0.1, 0.15) is 6.61 Å². The molecule has 0 fully saturated rings. The average molecular weight is 246 g/mol. The molecule has 0 bridgehead atoms. The second-order valence-corrected chi connectivity index (χ2v) is 3.59. The van der Waals surface area contributed by atoms with E-state index in [9.17, 15) is 13.2 Å². The number of hydrogen-bond donors (Lipinski definition) is 1. The predicted octanol–water partition coefficient (Wildman–Crippen LogP) is 2.56. The number of nitrogens with zero attached hydrogens (tertiary/aromatic N) is 1. The summed E-state index contributed by atoms with van der Waals surface area (Å²) in [7, 11) is 0. The third-order valence-electron chi connectivity index (χ3n) is 1.86. The van der Waals surface area contributed by atoms with Crippen LogP contribution in [-0.4, -0.2) is 12.3 Å². The van der Waals surface area contributed by atoms with E-state index in [0.717, 1.165) is 12.1 Å². The van der Waals surface area contributed by atoms with Gasteiger partial charge in [-0.05, 0) is 24.6 Å². The zero-order valence-electron chi connectivity index (χ0n) is 9.24. The molecule has 0 aromatic heterocycles. The van der Waals surface area contributed by atoms with Crippen LogP contribution in [0.15, 0.2) is 29.4 Å². The molecule has 3 nitrogen and oxygen atoms in total. The van der Waals surface area contributed by atoms with Gasteiger partial charge in [-0.2, -0.15) is 13.2 Å². The first-order chi connectivity index (χ1) is 7.89. The van der Waals surface area contributed by atoms with Gasteiger partial charge in [-0.3, -0.25) is 0 Å². The third kappa shape index (κ3) is 4.86. The van der Waals surface area contributed by atoms with Crippen LogP contribution in [-0.2, 0) is 17.6 Å². The molecule has 0 aliphatic carbocycles. The van der Waals surface area contributed by atoms with Crippen molar-refractivity contribution >= 4 is 6.21 Å². The molecule has 0 saturated carbocycles. The highest BCUT2D eigenvalue weighted by Crippen LogP contribution is 2.29. The highest BCUT2D eigenvalue weighted by Gasteiger charge is 2.30. The predicted molar refractivity (Wildman–Crippen MR) is 58.4 cm³/mol. The molecule has 1 unspecified atom stereocenters. The normalized spacial score (nSPS) is 13.9. The standard InChI is InChI=1S/C11H13F3N2O/c1-8(15)6-16-17-7-9-3-2-4-10(5-9)11(12,13)14/h2-6,8H,7,15H2,1H3. The molecule has 0 amide bonds. The molecule has 2 N–H and O–H groups in total. The van der Waals surface area contributed by atoms with E-state index >= 15 is 0 Å². The molecule has 1 rings (SSSR count). The minimum absolute atomic E-state index is 0.0207. The molecule has 94 valence electrons. The Kier molecular flexibility index (Phi) is 4.51. The van der Waals surface area contributed by atoms with Crippen LogP contribution in [0.3, 0.4) is 0 Å². The largest absolute Gasteiger partial charge is 0.416 e. The topological polar surface area (TPSA) is 47.6 Å². The van der Waals surface area contributed by atoms with E-state index in [4.69, 9.17) is 10.6 Å². The summed E-state index contributed by atoms with van der Waals surface area (Å²) in [6.07, 6.45) is -2.97. The van der Waals surface area contributed by atoms with Gasteiger partial charge < -0.3 is 10.6 Å². The molecule has 0 aliphatic heterocycles. The van der Waals surface area contributed by atoms with Crippen LogP contribution < -0.4 is 5.73 Å². The van der Waals surface area contributed by atoms with Crippen LogP contribution in [0.2, 0.25) is 0 Å². The number of hydrogen-bond acceptors (Lipinski definition) is 3. The lowest BCUT2D eigenvalue weighted by Crippen LogP contribution is -2.16. The first-order valence-electron chi connectivity index (χ1n) is 4.97. The van der Waals surface area contributed by atoms with Crippen molar-refractivity contribution in [1.29, 1.82) is 0 Å². The highest BCUT2D eigenvalue weighted by atomic mass is 19.4. The zero-order valence-corrected chi connectivity index (χ0v) is 9.24. The second-order valence-electron chi connectivity index (χ2n) is 3.59. The molecule has 17 heavy (non-hydrogen) atoms. The van der Waals surface area contributed by atoms with Gasteiger partial charge in [0.05, 0.1) is 11.8 Å². The van der Waals surface area contributed by atoms with E-state index in [1.807, 2.05) is 0 Å². The highest BCUT2D eigenvalue weighted by molar-refractivity contribution is 5.62. The summed E-state index contributed by atoms with van der Waals surface area (Å²) in [5.74, 6) is 0. The molecule has 0 spiro atoms. The van der Waals surface area contributed by atoms with Gasteiger partial charge in [-0.1, -0.05) is 17.3 Å². The van der Waals surface area contributed by atoms with Crippen molar-refractivity contribution in [1.82, 2.24) is 0 Å². The fraction of sp³-hybridized carbons (Fsp3) is 0.364. The van der Waals surface area contributed by atoms with Crippen LogP contribution in [0, 0.1) is 0 Å². The first-order valence-corrected chi connectivity index (χ1v) is 4.97. The fourth-order valence-electron chi connectivity index (χ4n) is 1.09. The summed E-state index contributed by atoms with van der Waals surface area (Å²) in [4.78, 5) is 4.82. The Labute approximate surface area is 97.1 Å². The van der Waals surface area contributed by atoms with Crippen molar-refractivity contribution in [2.75, 3.05) is 0 Å². The molecule has 1 aromatic carbocycles. The maximum atomic E-state index is 12.4. The number of alkyl halides is 3. The number of oxime groups is 1. The van der Waals surface area contributed by atoms with Crippen molar-refractivity contribution in [2.45, 2.75) is 25.7 Å². The summed E-state index contributed by atoms with van der Waals surface area (Å²) in [6, 6.07) is 4.65.